The molecule has 3 heteroatoms. The zero-order valence-electron chi connectivity index (χ0n) is 2.03. The molecular weight excluding hydrogens is 127 g/mol. The van der Waals surface area contributed by atoms with E-state index in [0.29, 0.717) is 0 Å². The van der Waals surface area contributed by atoms with Crippen molar-refractivity contribution in [3.8, 4) is 0 Å². The smallest absolute Gasteiger partial charge is 1.00 e. The Morgan fingerprint density at radius 1 is 1.25 bits per heavy atom. The van der Waals surface area contributed by atoms with Crippen LogP contribution in [-0.4, -0.2) is 0 Å². The van der Waals surface area contributed by atoms with E-state index in [2.05, 4.69) is 0 Å². The van der Waals surface area contributed by atoms with Gasteiger partial charge in [-0.2, -0.15) is 0 Å². The Bertz CT molecular complexity index is 12.8. The molecule has 1 nitrogen and oxygen atoms in total. The van der Waals surface area contributed by atoms with Crippen molar-refractivity contribution >= 4 is 0 Å². The fourth-order valence-electron chi connectivity index (χ4n) is 0. The maximum atomic E-state index is 6.25. The van der Waals surface area contributed by atoms with Gasteiger partial charge in [0.05, 0.1) is 0 Å². The summed E-state index contributed by atoms with van der Waals surface area (Å²) in [7, 11) is 0. The first-order chi connectivity index (χ1) is 1.00. The molecule has 0 aromatic heterocycles. The molecule has 0 saturated carbocycles. The maximum absolute atomic E-state index is 6.25. The fraction of sp³-hybridized carbons (Fsp3) is 0. The topological polar surface area (TPSA) is 23.8 Å². The average molecular weight is 127 g/mol. The van der Waals surface area contributed by atoms with E-state index >= 15 is 0 Å². The van der Waals surface area contributed by atoms with Crippen LogP contribution in [0.25, 0.3) is 0 Å². The summed E-state index contributed by atoms with van der Waals surface area (Å²) in [5, 5.41) is 6.25. The molecule has 0 bridgehead atoms. The Kier molecular flexibility index (Phi) is 782. The van der Waals surface area contributed by atoms with E-state index in [1.54, 1.807) is 0 Å². The van der Waals surface area contributed by atoms with Crippen molar-refractivity contribution in [3.63, 3.8) is 0 Å². The normalized spacial score (nSPS) is 0.500. The first-order valence-electron chi connectivity index (χ1n) is 0.224. The molecule has 0 atom stereocenters. The zero-order valence-corrected chi connectivity index (χ0v) is 5.76. The summed E-state index contributed by atoms with van der Waals surface area (Å²) in [4.78, 5) is 0. The Morgan fingerprint density at radius 2 is 1.25 bits per heavy atom. The van der Waals surface area contributed by atoms with Gasteiger partial charge in [0.2, 0.25) is 0 Å². The number of nitrogens with zero attached hydrogens (tertiary/aromatic N) is 1. The second-order valence-corrected chi connectivity index (χ2v) is 0. The van der Waals surface area contributed by atoms with Crippen LogP contribution in [0.5, 0.6) is 0 Å². The van der Waals surface area contributed by atoms with E-state index in [-0.39, 0.29) is 31.9 Å². The van der Waals surface area contributed by atoms with Gasteiger partial charge in [-0.1, -0.05) is 0 Å². The molecule has 0 aliphatic carbocycles. The van der Waals surface area contributed by atoms with Gasteiger partial charge in [0.25, 0.3) is 0 Å². The van der Waals surface area contributed by atoms with Crippen molar-refractivity contribution in [2.75, 3.05) is 0 Å². The van der Waals surface area contributed by atoms with Crippen molar-refractivity contribution in [1.29, 1.82) is 5.26 Å². The van der Waals surface area contributed by atoms with Crippen molar-refractivity contribution in [1.82, 2.24) is 0 Å². The molecule has 0 rings (SSSR count). The fourth-order valence-corrected chi connectivity index (χ4v) is 0. The second-order valence-electron chi connectivity index (χ2n) is 0. The summed E-state index contributed by atoms with van der Waals surface area (Å²) in [5.74, 6) is 0. The minimum atomic E-state index is 0. The minimum absolute atomic E-state index is 0. The predicted octanol–water partition coefficient (Wildman–Crippen LogP) is -2.90. The number of rotatable bonds is 0. The van der Waals surface area contributed by atoms with Gasteiger partial charge in [-0.05, 0) is 0 Å². The maximum Gasteiger partial charge on any atom is 2.00 e. The van der Waals surface area contributed by atoms with Gasteiger partial charge < -0.3 is 24.2 Å². The van der Waals surface area contributed by atoms with E-state index in [1.165, 1.54) is 0 Å². The Hall–Kier alpha value is 0.403. The molecule has 0 heterocycles. The van der Waals surface area contributed by atoms with Crippen molar-refractivity contribution in [2.24, 2.45) is 0 Å². The van der Waals surface area contributed by atoms with Crippen LogP contribution in [0.4, 0.5) is 0 Å². The van der Waals surface area contributed by atoms with E-state index in [0.717, 1.165) is 0 Å². The monoisotopic (exact) mass is 125 g/mol. The molecule has 0 amide bonds. The molecule has 0 spiro atoms. The first kappa shape index (κ1) is 25.9. The predicted molar refractivity (Wildman–Crippen MR) is 4.97 cm³/mol. The zero-order chi connectivity index (χ0) is 2.00. The summed E-state index contributed by atoms with van der Waals surface area (Å²) >= 11 is 0. The van der Waals surface area contributed by atoms with Gasteiger partial charge in [-0.25, -0.2) is 0 Å². The van der Waals surface area contributed by atoms with Crippen LogP contribution >= 0.6 is 0 Å². The largest absolute Gasteiger partial charge is 2.00 e. The Labute approximate surface area is 44.2 Å². The molecule has 0 aromatic carbocycles. The average Bonchev–Trinajstić information content (AvgIpc) is 1.00. The molecule has 0 radical (unpaired) electrons. The van der Waals surface area contributed by atoms with Crippen LogP contribution < -0.4 is 12.4 Å². The summed E-state index contributed by atoms with van der Waals surface area (Å²) in [5.41, 5.74) is 0. The van der Waals surface area contributed by atoms with Gasteiger partial charge in [0.15, 0.2) is 0 Å². The SMILES string of the molecule is [C-]#N.[Cl-].[Zn+2]. The quantitative estimate of drug-likeness (QED) is 0.253. The third kappa shape index (κ3) is 29.1. The third-order valence-corrected chi connectivity index (χ3v) is 0. The summed E-state index contributed by atoms with van der Waals surface area (Å²) in [6.45, 7) is 4.75. The minimum Gasteiger partial charge on any atom is -1.00 e. The second kappa shape index (κ2) is 121. The molecule has 18 valence electrons. The van der Waals surface area contributed by atoms with Gasteiger partial charge in [0, 0.05) is 0 Å². The van der Waals surface area contributed by atoms with Gasteiger partial charge in [-0.15, -0.1) is 0 Å². The number of hydrogen-bond acceptors (Lipinski definition) is 1. The molecule has 0 N–H and O–H groups in total. The van der Waals surface area contributed by atoms with Crippen LogP contribution in [0.3, 0.4) is 0 Å². The number of halogens is 1. The van der Waals surface area contributed by atoms with Crippen LogP contribution in [0.1, 0.15) is 0 Å². The standard InChI is InChI=1S/CN.ClH.Zn/c1-2;;/h;1H;/q-1;;+2/p-1. The number of hydrogen-bond donors (Lipinski definition) is 0. The summed E-state index contributed by atoms with van der Waals surface area (Å²) in [6.07, 6.45) is 0. The Balaban J connectivity index is -0.00000000500. The van der Waals surface area contributed by atoms with E-state index in [9.17, 15) is 0 Å². The molecule has 0 aliphatic heterocycles. The summed E-state index contributed by atoms with van der Waals surface area (Å²) < 4.78 is 0. The van der Waals surface area contributed by atoms with Crippen LogP contribution in [0, 0.1) is 11.8 Å². The van der Waals surface area contributed by atoms with Crippen LogP contribution in [0.15, 0.2) is 0 Å². The molecule has 0 aliphatic rings. The van der Waals surface area contributed by atoms with Crippen molar-refractivity contribution < 1.29 is 31.9 Å². The van der Waals surface area contributed by atoms with Gasteiger partial charge in [-0.3, -0.25) is 0 Å². The molecule has 4 heavy (non-hydrogen) atoms. The first-order valence-corrected chi connectivity index (χ1v) is 0.224. The molecule has 0 saturated heterocycles. The molecular formula is CClNZn. The van der Waals surface area contributed by atoms with Crippen LogP contribution in [0.2, 0.25) is 0 Å². The van der Waals surface area contributed by atoms with Gasteiger partial charge in [0.1, 0.15) is 0 Å². The van der Waals surface area contributed by atoms with Crippen molar-refractivity contribution in [3.05, 3.63) is 6.57 Å². The van der Waals surface area contributed by atoms with Crippen molar-refractivity contribution in [2.45, 2.75) is 0 Å². The van der Waals surface area contributed by atoms with E-state index in [1.807, 2.05) is 0 Å². The molecule has 0 fully saturated rings. The summed E-state index contributed by atoms with van der Waals surface area (Å²) in [6, 6.07) is 0. The molecule has 0 aromatic rings. The molecule has 0 unspecified atom stereocenters. The van der Waals surface area contributed by atoms with Crippen LogP contribution in [-0.2, 0) is 19.5 Å². The van der Waals surface area contributed by atoms with Gasteiger partial charge >= 0.3 is 19.5 Å². The van der Waals surface area contributed by atoms with E-state index in [4.69, 9.17) is 11.8 Å². The van der Waals surface area contributed by atoms with E-state index < -0.39 is 0 Å². The Morgan fingerprint density at radius 3 is 1.25 bits per heavy atom. The third-order valence-electron chi connectivity index (χ3n) is 0.